The monoisotopic (exact) mass is 757 g/mol. The minimum atomic E-state index is -0.125. The fourth-order valence-electron chi connectivity index (χ4n) is 3.88. The maximum absolute atomic E-state index is 7.62. The summed E-state index contributed by atoms with van der Waals surface area (Å²) in [6, 6.07) is 0. The number of ether oxygens (including phenoxy) is 10. The average Bonchev–Trinajstić information content (AvgIpc) is 4.06. The second-order valence-electron chi connectivity index (χ2n) is 10.8. The molecule has 0 amide bonds. The molecule has 5 fully saturated rings. The Hall–Kier alpha value is -2.30. The number of aliphatic hydroxyl groups excluding tert-OH is 2. The van der Waals surface area contributed by atoms with Gasteiger partial charge in [0.1, 0.15) is 0 Å². The van der Waals surface area contributed by atoms with Gasteiger partial charge in [-0.25, -0.2) is 0 Å². The highest BCUT2D eigenvalue weighted by atomic mass is 16.7. The summed E-state index contributed by atoms with van der Waals surface area (Å²) in [5.74, 6) is 0. The first-order valence-electron chi connectivity index (χ1n) is 18.8. The summed E-state index contributed by atoms with van der Waals surface area (Å²) in [6.07, 6.45) is 27.0. The number of aliphatic hydroxyl groups is 2. The van der Waals surface area contributed by atoms with Crippen LogP contribution in [0.1, 0.15) is 66.2 Å². The summed E-state index contributed by atoms with van der Waals surface area (Å²) in [7, 11) is 0. The van der Waals surface area contributed by atoms with E-state index in [0.29, 0.717) is 0 Å². The highest BCUT2D eigenvalue weighted by Crippen LogP contribution is 2.10. The van der Waals surface area contributed by atoms with E-state index in [1.807, 2.05) is 44.2 Å². The standard InChI is InChI=1S/5C7H12O2.C4H6.C2H6O2/c5*1-2-3-4-7-8-5-6-9-7;1-3-4-2;3-1-2-4/h2*3-4,7H,2,5-6H2,1H3;2*2-3,7H,4-6H2,1H3;2,7H,1,3-6H2;2*3-4H,1-2H2/b4-3+;4-3-;3-2+;3-2-;;;. The molecule has 53 heavy (non-hydrogen) atoms. The van der Waals surface area contributed by atoms with Crippen LogP contribution < -0.4 is 0 Å². The molecule has 308 valence electrons. The third-order valence-electron chi connectivity index (χ3n) is 6.43. The lowest BCUT2D eigenvalue weighted by Crippen LogP contribution is -2.05. The van der Waals surface area contributed by atoms with Gasteiger partial charge in [0.05, 0.1) is 79.3 Å². The van der Waals surface area contributed by atoms with Gasteiger partial charge < -0.3 is 57.6 Å². The maximum atomic E-state index is 7.62. The Morgan fingerprint density at radius 2 is 0.811 bits per heavy atom. The second-order valence-corrected chi connectivity index (χ2v) is 10.8. The first-order chi connectivity index (χ1) is 26.0. The van der Waals surface area contributed by atoms with Gasteiger partial charge in [-0.1, -0.05) is 81.7 Å². The summed E-state index contributed by atoms with van der Waals surface area (Å²) < 4.78 is 51.7. The fraction of sp³-hybridized carbons (Fsp3) is 0.659. The van der Waals surface area contributed by atoms with Crippen molar-refractivity contribution in [2.45, 2.75) is 97.7 Å². The highest BCUT2D eigenvalue weighted by Gasteiger charge is 2.15. The molecule has 5 saturated heterocycles. The molecule has 0 unspecified atom stereocenters. The third-order valence-corrected chi connectivity index (χ3v) is 6.43. The first kappa shape index (κ1) is 52.8. The minimum absolute atomic E-state index is 0.0289. The van der Waals surface area contributed by atoms with Crippen molar-refractivity contribution >= 4 is 0 Å². The van der Waals surface area contributed by atoms with Gasteiger partial charge in [-0.2, -0.15) is 0 Å². The Labute approximate surface area is 320 Å². The van der Waals surface area contributed by atoms with Crippen molar-refractivity contribution < 1.29 is 57.6 Å². The van der Waals surface area contributed by atoms with Crippen molar-refractivity contribution in [1.82, 2.24) is 0 Å². The van der Waals surface area contributed by atoms with Crippen LogP contribution in [0.5, 0.6) is 0 Å². The molecule has 5 aliphatic rings. The molecule has 0 aliphatic carbocycles. The third kappa shape index (κ3) is 37.8. The van der Waals surface area contributed by atoms with E-state index in [1.54, 1.807) is 12.2 Å². The van der Waals surface area contributed by atoms with Gasteiger partial charge in [0.15, 0.2) is 31.5 Å². The lowest BCUT2D eigenvalue weighted by Gasteiger charge is -2.04. The Morgan fingerprint density at radius 1 is 0.491 bits per heavy atom. The molecule has 0 bridgehead atoms. The zero-order valence-corrected chi connectivity index (χ0v) is 33.1. The van der Waals surface area contributed by atoms with Crippen LogP contribution in [0.25, 0.3) is 0 Å². The van der Waals surface area contributed by atoms with E-state index in [1.165, 1.54) is 0 Å². The van der Waals surface area contributed by atoms with Crippen molar-refractivity contribution in [3.8, 4) is 0 Å². The van der Waals surface area contributed by atoms with E-state index in [9.17, 15) is 0 Å². The zero-order valence-electron chi connectivity index (χ0n) is 33.1. The highest BCUT2D eigenvalue weighted by molar-refractivity contribution is 4.88. The van der Waals surface area contributed by atoms with Crippen LogP contribution in [0.2, 0.25) is 0 Å². The number of allylic oxidation sites excluding steroid dienone is 7. The van der Waals surface area contributed by atoms with Crippen molar-refractivity contribution in [3.05, 3.63) is 86.6 Å². The first-order valence-corrected chi connectivity index (χ1v) is 18.8. The SMILES string of the molecule is C/C=C/CC1OCCO1.C/C=C\CC1OCCO1.C=CC=C.C=CCCC1OCCO1.CC/C=C/C1OCCO1.CC/C=C\C1OCCO1.OCCO. The van der Waals surface area contributed by atoms with Crippen molar-refractivity contribution in [1.29, 1.82) is 0 Å². The van der Waals surface area contributed by atoms with E-state index in [4.69, 9.17) is 57.6 Å². The lowest BCUT2D eigenvalue weighted by atomic mass is 10.3. The molecule has 12 nitrogen and oxygen atoms in total. The zero-order chi connectivity index (χ0) is 39.5. The second kappa shape index (κ2) is 44.1. The molecule has 5 heterocycles. The van der Waals surface area contributed by atoms with E-state index in [2.05, 4.69) is 57.9 Å². The Morgan fingerprint density at radius 3 is 1.08 bits per heavy atom. The van der Waals surface area contributed by atoms with Crippen LogP contribution in [0.3, 0.4) is 0 Å². The largest absolute Gasteiger partial charge is 0.394 e. The Bertz CT molecular complexity index is 817. The van der Waals surface area contributed by atoms with Gasteiger partial charge in [0.2, 0.25) is 0 Å². The molecule has 0 aromatic carbocycles. The van der Waals surface area contributed by atoms with Gasteiger partial charge in [0, 0.05) is 19.3 Å². The van der Waals surface area contributed by atoms with Gasteiger partial charge in [-0.3, -0.25) is 0 Å². The summed E-state index contributed by atoms with van der Waals surface area (Å²) in [5.41, 5.74) is 0. The number of hydrogen-bond donors (Lipinski definition) is 2. The molecule has 12 heteroatoms. The van der Waals surface area contributed by atoms with Crippen molar-refractivity contribution in [3.63, 3.8) is 0 Å². The predicted molar refractivity (Wildman–Crippen MR) is 210 cm³/mol. The van der Waals surface area contributed by atoms with E-state index in [0.717, 1.165) is 105 Å². The molecule has 5 aliphatic heterocycles. The predicted octanol–water partition coefficient (Wildman–Crippen LogP) is 6.96. The van der Waals surface area contributed by atoms with Gasteiger partial charge in [0.25, 0.3) is 0 Å². The van der Waals surface area contributed by atoms with Crippen LogP contribution in [0.4, 0.5) is 0 Å². The molecular formula is C41H72O12. The van der Waals surface area contributed by atoms with Crippen LogP contribution in [-0.4, -0.2) is 121 Å². The molecule has 0 aromatic rings. The smallest absolute Gasteiger partial charge is 0.177 e. The normalized spacial score (nSPS) is 19.3. The van der Waals surface area contributed by atoms with E-state index in [-0.39, 0.29) is 44.7 Å². The molecule has 2 N–H and O–H groups in total. The molecule has 0 radical (unpaired) electrons. The summed E-state index contributed by atoms with van der Waals surface area (Å²) in [6.45, 7) is 25.7. The molecular weight excluding hydrogens is 684 g/mol. The molecule has 0 spiro atoms. The number of hydrogen-bond acceptors (Lipinski definition) is 12. The van der Waals surface area contributed by atoms with Crippen LogP contribution in [0, 0.1) is 0 Å². The Balaban J connectivity index is 0. The topological polar surface area (TPSA) is 133 Å². The molecule has 5 rings (SSSR count). The van der Waals surface area contributed by atoms with Crippen molar-refractivity contribution in [2.24, 2.45) is 0 Å². The van der Waals surface area contributed by atoms with Gasteiger partial charge in [-0.05, 0) is 45.3 Å². The van der Waals surface area contributed by atoms with Gasteiger partial charge in [-0.15, -0.1) is 6.58 Å². The molecule has 0 atom stereocenters. The van der Waals surface area contributed by atoms with E-state index >= 15 is 0 Å². The van der Waals surface area contributed by atoms with Crippen LogP contribution >= 0.6 is 0 Å². The fourth-order valence-corrected chi connectivity index (χ4v) is 3.88. The summed E-state index contributed by atoms with van der Waals surface area (Å²) in [4.78, 5) is 0. The summed E-state index contributed by atoms with van der Waals surface area (Å²) in [5, 5.41) is 15.2. The lowest BCUT2D eigenvalue weighted by molar-refractivity contribution is -0.0457. The summed E-state index contributed by atoms with van der Waals surface area (Å²) >= 11 is 0. The van der Waals surface area contributed by atoms with Crippen LogP contribution in [-0.2, 0) is 47.4 Å². The number of rotatable bonds is 13. The van der Waals surface area contributed by atoms with Gasteiger partial charge >= 0.3 is 0 Å². The van der Waals surface area contributed by atoms with Crippen molar-refractivity contribution in [2.75, 3.05) is 79.3 Å². The quantitative estimate of drug-likeness (QED) is 0.149. The maximum Gasteiger partial charge on any atom is 0.177 e. The van der Waals surface area contributed by atoms with Crippen LogP contribution in [0.15, 0.2) is 86.6 Å². The average molecular weight is 757 g/mol. The Kier molecular flexibility index (Phi) is 43.9. The minimum Gasteiger partial charge on any atom is -0.394 e. The van der Waals surface area contributed by atoms with E-state index < -0.39 is 0 Å². The molecule has 0 saturated carbocycles. The molecule has 0 aromatic heterocycles.